The summed E-state index contributed by atoms with van der Waals surface area (Å²) in [5.74, 6) is 1.30. The van der Waals surface area contributed by atoms with Gasteiger partial charge in [-0.25, -0.2) is 0 Å². The molecule has 0 amide bonds. The van der Waals surface area contributed by atoms with Crippen molar-refractivity contribution >= 4 is 52.5 Å². The highest BCUT2D eigenvalue weighted by molar-refractivity contribution is 6.09. The molecule has 0 fully saturated rings. The van der Waals surface area contributed by atoms with Crippen molar-refractivity contribution in [2.24, 2.45) is 0 Å². The van der Waals surface area contributed by atoms with Gasteiger partial charge in [-0.3, -0.25) is 14.6 Å². The minimum Gasteiger partial charge on any atom is -0.471 e. The lowest BCUT2D eigenvalue weighted by atomic mass is 10.2. The quantitative estimate of drug-likeness (QED) is 0.138. The van der Waals surface area contributed by atoms with Crippen molar-refractivity contribution in [3.8, 4) is 11.5 Å². The number of hydrogen-bond donors (Lipinski definition) is 0. The number of nitrogens with zero attached hydrogens (tertiary/aromatic N) is 2. The van der Waals surface area contributed by atoms with E-state index in [4.69, 9.17) is 18.3 Å². The second-order valence-corrected chi connectivity index (χ2v) is 8.78. The molecule has 4 rings (SSSR count). The van der Waals surface area contributed by atoms with Gasteiger partial charge in [0.05, 0.1) is 0 Å². The fourth-order valence-corrected chi connectivity index (χ4v) is 4.60. The zero-order valence-corrected chi connectivity index (χ0v) is 25.0. The summed E-state index contributed by atoms with van der Waals surface area (Å²) < 4.78 is 24.4. The highest BCUT2D eigenvalue weighted by Crippen LogP contribution is 2.34. The van der Waals surface area contributed by atoms with Gasteiger partial charge in [-0.15, -0.1) is 24.8 Å². The zero-order chi connectivity index (χ0) is 25.8. The third-order valence-corrected chi connectivity index (χ3v) is 6.71. The molecule has 39 heavy (non-hydrogen) atoms. The smallest absolute Gasteiger partial charge is 0.263 e. The molecule has 0 aliphatic rings. The summed E-state index contributed by atoms with van der Waals surface area (Å²) in [6.45, 7) is 15.9. The number of fused-ring (bicyclic) bond motifs is 2. The highest BCUT2D eigenvalue weighted by atomic mass is 35.5. The molecule has 0 bridgehead atoms. The molecule has 2 aromatic heterocycles. The van der Waals surface area contributed by atoms with Gasteiger partial charge < -0.3 is 23.8 Å². The van der Waals surface area contributed by atoms with E-state index in [0.29, 0.717) is 22.7 Å². The van der Waals surface area contributed by atoms with E-state index >= 15 is 0 Å². The van der Waals surface area contributed by atoms with E-state index in [1.165, 1.54) is 0 Å². The molecule has 2 heterocycles. The van der Waals surface area contributed by atoms with Crippen LogP contribution in [0.4, 0.5) is 0 Å². The lowest BCUT2D eigenvalue weighted by Gasteiger charge is -2.26. The number of rotatable bonds is 12. The molecule has 0 aliphatic carbocycles. The number of benzene rings is 2. The molecule has 0 saturated carbocycles. The Kier molecular flexibility index (Phi) is 13.3. The molecule has 0 aliphatic heterocycles. The van der Waals surface area contributed by atoms with Crippen molar-refractivity contribution in [3.63, 3.8) is 0 Å². The Morgan fingerprint density at radius 2 is 1.08 bits per heavy atom. The highest BCUT2D eigenvalue weighted by Gasteiger charge is 2.23. The van der Waals surface area contributed by atoms with Crippen molar-refractivity contribution in [2.45, 2.75) is 54.0 Å². The molecule has 8 nitrogen and oxygen atoms in total. The van der Waals surface area contributed by atoms with E-state index in [9.17, 15) is 4.79 Å². The largest absolute Gasteiger partial charge is 0.471 e. The van der Waals surface area contributed by atoms with Crippen LogP contribution in [-0.2, 0) is 0 Å². The predicted octanol–water partition coefficient (Wildman–Crippen LogP) is 6.56. The van der Waals surface area contributed by atoms with Crippen LogP contribution in [0.2, 0.25) is 0 Å². The van der Waals surface area contributed by atoms with E-state index in [0.717, 1.165) is 37.0 Å². The van der Waals surface area contributed by atoms with Gasteiger partial charge in [0.2, 0.25) is 0 Å². The van der Waals surface area contributed by atoms with Crippen LogP contribution in [0.25, 0.3) is 21.9 Å². The minimum atomic E-state index is -0.326. The van der Waals surface area contributed by atoms with Crippen LogP contribution in [-0.4, -0.2) is 59.7 Å². The first-order chi connectivity index (χ1) is 17.4. The van der Waals surface area contributed by atoms with E-state index in [1.54, 1.807) is 12.1 Å². The number of carbonyl (C=O) groups is 1. The van der Waals surface area contributed by atoms with Crippen molar-refractivity contribution in [1.29, 1.82) is 0 Å². The van der Waals surface area contributed by atoms with Gasteiger partial charge in [0.25, 0.3) is 5.78 Å². The van der Waals surface area contributed by atoms with Crippen LogP contribution < -0.4 is 9.47 Å². The predicted molar refractivity (Wildman–Crippen MR) is 160 cm³/mol. The average Bonchev–Trinajstić information content (AvgIpc) is 3.51. The molecule has 0 saturated heterocycles. The lowest BCUT2D eigenvalue weighted by Crippen LogP contribution is -2.36. The zero-order valence-electron chi connectivity index (χ0n) is 23.4. The fraction of sp³-hybridized carbons (Fsp3) is 0.414. The summed E-state index contributed by atoms with van der Waals surface area (Å²) in [5, 5.41) is 1.60. The first-order valence-corrected chi connectivity index (χ1v) is 12.8. The van der Waals surface area contributed by atoms with E-state index in [-0.39, 0.29) is 60.0 Å². The molecule has 2 aromatic carbocycles. The van der Waals surface area contributed by atoms with Crippen LogP contribution in [0.5, 0.6) is 11.5 Å². The summed E-state index contributed by atoms with van der Waals surface area (Å²) in [5.41, 5.74) is 1.10. The van der Waals surface area contributed by atoms with Gasteiger partial charge in [0, 0.05) is 10.8 Å². The van der Waals surface area contributed by atoms with Crippen molar-refractivity contribution < 1.29 is 28.6 Å². The van der Waals surface area contributed by atoms with E-state index < -0.39 is 0 Å². The monoisotopic (exact) mass is 582 g/mol. The summed E-state index contributed by atoms with van der Waals surface area (Å²) in [4.78, 5) is 17.8. The summed E-state index contributed by atoms with van der Waals surface area (Å²) in [6, 6.07) is 14.8. The van der Waals surface area contributed by atoms with Crippen molar-refractivity contribution in [3.05, 3.63) is 60.1 Å². The fourth-order valence-electron chi connectivity index (χ4n) is 4.60. The first kappa shape index (κ1) is 34.3. The molecular weight excluding hydrogens is 543 g/mol. The first-order valence-electron chi connectivity index (χ1n) is 12.8. The minimum absolute atomic E-state index is 0. The second-order valence-electron chi connectivity index (χ2n) is 8.78. The Hall–Kier alpha value is -2.75. The van der Waals surface area contributed by atoms with Crippen molar-refractivity contribution in [1.82, 2.24) is 9.80 Å². The van der Waals surface area contributed by atoms with Gasteiger partial charge in [-0.1, -0.05) is 52.0 Å². The maximum absolute atomic E-state index is 13.4. The number of carbonyl (C=O) groups excluding carboxylic acids is 1. The van der Waals surface area contributed by atoms with Crippen LogP contribution in [0, 0.1) is 0 Å². The summed E-state index contributed by atoms with van der Waals surface area (Å²) in [7, 11) is 0. The van der Waals surface area contributed by atoms with Crippen LogP contribution in [0.3, 0.4) is 0 Å². The van der Waals surface area contributed by atoms with Gasteiger partial charge in [-0.2, -0.15) is 0 Å². The van der Waals surface area contributed by atoms with Crippen LogP contribution in [0.1, 0.15) is 57.9 Å². The Morgan fingerprint density at radius 3 is 1.41 bits per heavy atom. The summed E-state index contributed by atoms with van der Waals surface area (Å²) >= 11 is 0. The standard InChI is InChI=1S/C29H36N2O5.2ClH.H2O/c1-7-30(8-2)19(5)33-23-15-11-13-21-17-25(35-28(21)23)27(32)26-18-22-14-12-16-24(29(22)36-26)34-20(6)31(9-3)10-4;;;/h11-20H,7-10H2,1-6H3;2*1H;1H2. The number of ether oxygens (including phenoxy) is 2. The number of hydrogen-bond acceptors (Lipinski definition) is 7. The average molecular weight is 584 g/mol. The molecule has 216 valence electrons. The summed E-state index contributed by atoms with van der Waals surface area (Å²) in [6.07, 6.45) is -0.246. The molecule has 4 aromatic rings. The van der Waals surface area contributed by atoms with Gasteiger partial charge in [0.15, 0.2) is 34.2 Å². The lowest BCUT2D eigenvalue weighted by molar-refractivity contribution is 0.0484. The Morgan fingerprint density at radius 1 is 0.718 bits per heavy atom. The third kappa shape index (κ3) is 7.26. The van der Waals surface area contributed by atoms with E-state index in [2.05, 4.69) is 37.5 Å². The SMILES string of the molecule is CCN(CC)C(C)Oc1cccc2cc(C(=O)c3cc4cccc(OC(C)N(CC)CC)c4o3)oc12.Cl.Cl.O. The van der Waals surface area contributed by atoms with Crippen LogP contribution >= 0.6 is 24.8 Å². The van der Waals surface area contributed by atoms with Gasteiger partial charge >= 0.3 is 0 Å². The molecule has 0 radical (unpaired) electrons. The Labute approximate surface area is 242 Å². The molecule has 10 heteroatoms. The molecule has 0 spiro atoms. The molecule has 2 unspecified atom stereocenters. The molecular formula is C29H40Cl2N2O6. The second kappa shape index (κ2) is 15.1. The number of ketones is 1. The van der Waals surface area contributed by atoms with E-state index in [1.807, 2.05) is 50.2 Å². The normalized spacial score (nSPS) is 12.5. The maximum Gasteiger partial charge on any atom is 0.263 e. The molecule has 2 atom stereocenters. The topological polar surface area (TPSA) is 99.8 Å². The maximum atomic E-state index is 13.4. The number of furan rings is 2. The Bertz CT molecular complexity index is 1230. The van der Waals surface area contributed by atoms with Crippen LogP contribution in [0.15, 0.2) is 57.4 Å². The molecule has 2 N–H and O–H groups in total. The van der Waals surface area contributed by atoms with Gasteiger partial charge in [-0.05, 0) is 64.3 Å². The number of halogens is 2. The van der Waals surface area contributed by atoms with Gasteiger partial charge in [0.1, 0.15) is 12.5 Å². The third-order valence-electron chi connectivity index (χ3n) is 6.71. The Balaban J connectivity index is 0.00000253. The van der Waals surface area contributed by atoms with Crippen molar-refractivity contribution in [2.75, 3.05) is 26.2 Å². The number of para-hydroxylation sites is 2.